The molecule has 1 aromatic carbocycles. The van der Waals surface area contributed by atoms with Gasteiger partial charge in [0.25, 0.3) is 0 Å². The van der Waals surface area contributed by atoms with E-state index in [2.05, 4.69) is 4.98 Å². The first-order valence-electron chi connectivity index (χ1n) is 7.83. The highest BCUT2D eigenvalue weighted by atomic mass is 35.5. The van der Waals surface area contributed by atoms with E-state index < -0.39 is 0 Å². The summed E-state index contributed by atoms with van der Waals surface area (Å²) in [6, 6.07) is 14.7. The molecule has 3 heterocycles. The van der Waals surface area contributed by atoms with Crippen molar-refractivity contribution in [1.29, 1.82) is 0 Å². The smallest absolute Gasteiger partial charge is 0.191 e. The SMILES string of the molecule is Cc1cccc(Cl)c1-n1ccc(=O)c2ccc(-c3ccncc3)nc21. The number of halogens is 1. The van der Waals surface area contributed by atoms with Gasteiger partial charge >= 0.3 is 0 Å². The Balaban J connectivity index is 2.06. The van der Waals surface area contributed by atoms with Crippen LogP contribution >= 0.6 is 11.6 Å². The Morgan fingerprint density at radius 3 is 2.56 bits per heavy atom. The molecule has 0 saturated heterocycles. The van der Waals surface area contributed by atoms with E-state index in [1.54, 1.807) is 24.7 Å². The van der Waals surface area contributed by atoms with Crippen LogP contribution in [0.4, 0.5) is 0 Å². The van der Waals surface area contributed by atoms with Crippen LogP contribution in [-0.4, -0.2) is 14.5 Å². The highest BCUT2D eigenvalue weighted by Gasteiger charge is 2.12. The fraction of sp³-hybridized carbons (Fsp3) is 0.0500. The van der Waals surface area contributed by atoms with E-state index in [0.717, 1.165) is 22.5 Å². The maximum absolute atomic E-state index is 12.3. The Hall–Kier alpha value is -2.98. The van der Waals surface area contributed by atoms with Crippen molar-refractivity contribution in [2.24, 2.45) is 0 Å². The number of hydrogen-bond acceptors (Lipinski definition) is 3. The van der Waals surface area contributed by atoms with Gasteiger partial charge in [-0.05, 0) is 42.8 Å². The zero-order chi connectivity index (χ0) is 17.4. The van der Waals surface area contributed by atoms with Crippen molar-refractivity contribution < 1.29 is 0 Å². The van der Waals surface area contributed by atoms with Crippen LogP contribution in [0.1, 0.15) is 5.56 Å². The quantitative estimate of drug-likeness (QED) is 0.539. The Labute approximate surface area is 149 Å². The molecule has 0 saturated carbocycles. The molecule has 4 nitrogen and oxygen atoms in total. The molecule has 0 atom stereocenters. The monoisotopic (exact) mass is 347 g/mol. The second-order valence-corrected chi connectivity index (χ2v) is 6.17. The number of aromatic nitrogens is 3. The van der Waals surface area contributed by atoms with E-state index in [0.29, 0.717) is 16.1 Å². The minimum atomic E-state index is -0.0651. The molecule has 0 amide bonds. The standard InChI is InChI=1S/C20H14ClN3O/c1-13-3-2-4-16(21)19(13)24-12-9-18(25)15-5-6-17(23-20(15)24)14-7-10-22-11-8-14/h2-12H,1H3. The summed E-state index contributed by atoms with van der Waals surface area (Å²) in [5, 5.41) is 1.17. The maximum atomic E-state index is 12.3. The number of aryl methyl sites for hydroxylation is 1. The number of nitrogens with zero attached hydrogens (tertiary/aromatic N) is 3. The van der Waals surface area contributed by atoms with E-state index in [1.807, 2.05) is 54.0 Å². The summed E-state index contributed by atoms with van der Waals surface area (Å²) in [5.41, 5.74) is 4.07. The van der Waals surface area contributed by atoms with Crippen molar-refractivity contribution in [2.75, 3.05) is 0 Å². The van der Waals surface area contributed by atoms with E-state index >= 15 is 0 Å². The normalized spacial score (nSPS) is 11.0. The minimum Gasteiger partial charge on any atom is -0.299 e. The summed E-state index contributed by atoms with van der Waals surface area (Å²) < 4.78 is 1.87. The molecular weight excluding hydrogens is 334 g/mol. The van der Waals surface area contributed by atoms with Crippen molar-refractivity contribution in [2.45, 2.75) is 6.92 Å². The molecule has 0 aliphatic heterocycles. The molecule has 4 aromatic rings. The second kappa shape index (κ2) is 6.15. The number of pyridine rings is 3. The van der Waals surface area contributed by atoms with E-state index in [-0.39, 0.29) is 5.43 Å². The third-order valence-corrected chi connectivity index (χ3v) is 4.45. The van der Waals surface area contributed by atoms with Crippen LogP contribution in [0.5, 0.6) is 0 Å². The molecule has 0 aliphatic carbocycles. The van der Waals surface area contributed by atoms with Crippen molar-refractivity contribution in [1.82, 2.24) is 14.5 Å². The zero-order valence-corrected chi connectivity index (χ0v) is 14.2. The van der Waals surface area contributed by atoms with Gasteiger partial charge in [-0.1, -0.05) is 23.7 Å². The third kappa shape index (κ3) is 2.71. The molecule has 0 N–H and O–H groups in total. The Morgan fingerprint density at radius 2 is 1.80 bits per heavy atom. The third-order valence-electron chi connectivity index (χ3n) is 4.15. The second-order valence-electron chi connectivity index (χ2n) is 5.76. The van der Waals surface area contributed by atoms with Gasteiger partial charge in [-0.15, -0.1) is 0 Å². The summed E-state index contributed by atoms with van der Waals surface area (Å²) in [7, 11) is 0. The topological polar surface area (TPSA) is 47.8 Å². The molecule has 5 heteroatoms. The predicted octanol–water partition coefficient (Wildman–Crippen LogP) is 4.41. The van der Waals surface area contributed by atoms with Crippen molar-refractivity contribution in [3.63, 3.8) is 0 Å². The molecule has 4 rings (SSSR count). The van der Waals surface area contributed by atoms with Gasteiger partial charge in [0.1, 0.15) is 5.65 Å². The molecule has 0 bridgehead atoms. The van der Waals surface area contributed by atoms with Gasteiger partial charge in [-0.25, -0.2) is 4.98 Å². The lowest BCUT2D eigenvalue weighted by Crippen LogP contribution is -2.09. The molecule has 0 spiro atoms. The van der Waals surface area contributed by atoms with Gasteiger partial charge in [-0.2, -0.15) is 0 Å². The average molecular weight is 348 g/mol. The average Bonchev–Trinajstić information content (AvgIpc) is 2.64. The van der Waals surface area contributed by atoms with Gasteiger partial charge in [0, 0.05) is 30.2 Å². The van der Waals surface area contributed by atoms with Crippen LogP contribution in [0.3, 0.4) is 0 Å². The lowest BCUT2D eigenvalue weighted by molar-refractivity contribution is 1.05. The Morgan fingerprint density at radius 1 is 1.00 bits per heavy atom. The van der Waals surface area contributed by atoms with Crippen LogP contribution in [0, 0.1) is 6.92 Å². The minimum absolute atomic E-state index is 0.0651. The van der Waals surface area contributed by atoms with Crippen LogP contribution in [0.25, 0.3) is 28.0 Å². The van der Waals surface area contributed by atoms with Crippen LogP contribution < -0.4 is 5.43 Å². The van der Waals surface area contributed by atoms with Crippen LogP contribution in [-0.2, 0) is 0 Å². The van der Waals surface area contributed by atoms with Crippen LogP contribution in [0.2, 0.25) is 5.02 Å². The largest absolute Gasteiger partial charge is 0.299 e. The lowest BCUT2D eigenvalue weighted by atomic mass is 10.1. The lowest BCUT2D eigenvalue weighted by Gasteiger charge is -2.15. The van der Waals surface area contributed by atoms with E-state index in [4.69, 9.17) is 16.6 Å². The molecule has 122 valence electrons. The number of para-hydroxylation sites is 1. The summed E-state index contributed by atoms with van der Waals surface area (Å²) >= 11 is 6.43. The Kier molecular flexibility index (Phi) is 3.82. The van der Waals surface area contributed by atoms with Gasteiger partial charge < -0.3 is 0 Å². The fourth-order valence-electron chi connectivity index (χ4n) is 2.92. The van der Waals surface area contributed by atoms with Crippen molar-refractivity contribution in [3.05, 3.63) is 87.9 Å². The van der Waals surface area contributed by atoms with Crippen LogP contribution in [0.15, 0.2) is 71.9 Å². The molecule has 0 radical (unpaired) electrons. The zero-order valence-electron chi connectivity index (χ0n) is 13.5. The molecule has 0 fully saturated rings. The number of fused-ring (bicyclic) bond motifs is 1. The highest BCUT2D eigenvalue weighted by molar-refractivity contribution is 6.32. The van der Waals surface area contributed by atoms with E-state index in [1.165, 1.54) is 0 Å². The number of hydrogen-bond donors (Lipinski definition) is 0. The summed E-state index contributed by atoms with van der Waals surface area (Å²) in [6.45, 7) is 1.98. The molecule has 3 aromatic heterocycles. The van der Waals surface area contributed by atoms with Crippen molar-refractivity contribution >= 4 is 22.6 Å². The predicted molar refractivity (Wildman–Crippen MR) is 100 cm³/mol. The van der Waals surface area contributed by atoms with E-state index in [9.17, 15) is 4.79 Å². The van der Waals surface area contributed by atoms with Gasteiger partial charge in [0.2, 0.25) is 0 Å². The molecule has 25 heavy (non-hydrogen) atoms. The molecular formula is C20H14ClN3O. The number of benzene rings is 1. The summed E-state index contributed by atoms with van der Waals surface area (Å²) in [4.78, 5) is 21.1. The molecule has 0 unspecified atom stereocenters. The fourth-order valence-corrected chi connectivity index (χ4v) is 3.23. The first kappa shape index (κ1) is 15.5. The summed E-state index contributed by atoms with van der Waals surface area (Å²) in [6.07, 6.45) is 5.16. The van der Waals surface area contributed by atoms with Gasteiger partial charge in [-0.3, -0.25) is 14.3 Å². The molecule has 0 aliphatic rings. The van der Waals surface area contributed by atoms with Gasteiger partial charge in [0.15, 0.2) is 5.43 Å². The first-order valence-corrected chi connectivity index (χ1v) is 8.21. The highest BCUT2D eigenvalue weighted by Crippen LogP contribution is 2.27. The maximum Gasteiger partial charge on any atom is 0.191 e. The number of rotatable bonds is 2. The Bertz CT molecular complexity index is 1120. The van der Waals surface area contributed by atoms with Gasteiger partial charge in [0.05, 0.1) is 21.8 Å². The summed E-state index contributed by atoms with van der Waals surface area (Å²) in [5.74, 6) is 0. The van der Waals surface area contributed by atoms with Crippen molar-refractivity contribution in [3.8, 4) is 16.9 Å². The first-order chi connectivity index (χ1) is 12.1.